The van der Waals surface area contributed by atoms with Gasteiger partial charge in [-0.1, -0.05) is 23.7 Å². The summed E-state index contributed by atoms with van der Waals surface area (Å²) in [6, 6.07) is 10.4. The number of benzene rings is 2. The molecule has 138 valence electrons. The van der Waals surface area contributed by atoms with Crippen LogP contribution >= 0.6 is 11.6 Å². The lowest BCUT2D eigenvalue weighted by Crippen LogP contribution is -2.41. The van der Waals surface area contributed by atoms with Gasteiger partial charge in [-0.05, 0) is 75.2 Å². The van der Waals surface area contributed by atoms with Gasteiger partial charge in [0, 0.05) is 23.7 Å². The van der Waals surface area contributed by atoms with E-state index in [9.17, 15) is 9.18 Å². The van der Waals surface area contributed by atoms with Crippen LogP contribution in [0.15, 0.2) is 36.4 Å². The van der Waals surface area contributed by atoms with E-state index in [0.717, 1.165) is 30.8 Å². The van der Waals surface area contributed by atoms with Gasteiger partial charge in [0.15, 0.2) is 0 Å². The van der Waals surface area contributed by atoms with Crippen LogP contribution in [-0.2, 0) is 0 Å². The molecule has 2 aromatic rings. The van der Waals surface area contributed by atoms with Gasteiger partial charge in [0.25, 0.3) is 5.91 Å². The van der Waals surface area contributed by atoms with E-state index in [-0.39, 0.29) is 17.8 Å². The number of nitrogens with one attached hydrogen (secondary N) is 1. The Bertz CT molecular complexity index is 803. The first kappa shape index (κ1) is 18.9. The highest BCUT2D eigenvalue weighted by molar-refractivity contribution is 6.33. The van der Waals surface area contributed by atoms with Crippen molar-refractivity contribution in [1.82, 2.24) is 10.2 Å². The molecule has 1 unspecified atom stereocenters. The summed E-state index contributed by atoms with van der Waals surface area (Å²) < 4.78 is 13.6. The number of carbonyl (C=O) groups is 1. The fourth-order valence-electron chi connectivity index (χ4n) is 3.41. The number of rotatable bonds is 5. The van der Waals surface area contributed by atoms with Gasteiger partial charge in [-0.25, -0.2) is 4.39 Å². The average Bonchev–Trinajstić information content (AvgIpc) is 3.11. The molecule has 0 bridgehead atoms. The summed E-state index contributed by atoms with van der Waals surface area (Å²) in [5, 5.41) is 3.40. The zero-order chi connectivity index (χ0) is 18.7. The summed E-state index contributed by atoms with van der Waals surface area (Å²) in [4.78, 5) is 15.0. The fourth-order valence-corrected chi connectivity index (χ4v) is 3.67. The third-order valence-electron chi connectivity index (χ3n) is 4.79. The van der Waals surface area contributed by atoms with Crippen LogP contribution in [0, 0.1) is 12.7 Å². The van der Waals surface area contributed by atoms with Gasteiger partial charge in [0.2, 0.25) is 0 Å². The van der Waals surface area contributed by atoms with Crippen molar-refractivity contribution >= 4 is 17.5 Å². The molecule has 0 aromatic heterocycles. The smallest absolute Gasteiger partial charge is 0.251 e. The highest BCUT2D eigenvalue weighted by atomic mass is 35.5. The molecule has 1 N–H and O–H groups in total. The standard InChI is InChI=1S/C21H24ClFN2O/c1-14-10-18(19(22)12-20(14)23)16-6-5-7-17(11-16)21(26)24-15(2)13-25-8-3-4-9-25/h5-7,10-12,15H,3-4,8-9,13H2,1-2H3,(H,24,26). The van der Waals surface area contributed by atoms with Crippen LogP contribution < -0.4 is 5.32 Å². The zero-order valence-electron chi connectivity index (χ0n) is 15.2. The van der Waals surface area contributed by atoms with Gasteiger partial charge in [-0.15, -0.1) is 0 Å². The predicted octanol–water partition coefficient (Wildman–Crippen LogP) is 4.67. The van der Waals surface area contributed by atoms with Crippen LogP contribution in [0.2, 0.25) is 5.02 Å². The van der Waals surface area contributed by atoms with Gasteiger partial charge in [-0.2, -0.15) is 0 Å². The van der Waals surface area contributed by atoms with E-state index >= 15 is 0 Å². The number of carbonyl (C=O) groups excluding carboxylic acids is 1. The van der Waals surface area contributed by atoms with Crippen LogP contribution in [0.25, 0.3) is 11.1 Å². The van der Waals surface area contributed by atoms with E-state index < -0.39 is 0 Å². The Balaban J connectivity index is 1.74. The molecule has 1 atom stereocenters. The van der Waals surface area contributed by atoms with Crippen molar-refractivity contribution in [2.24, 2.45) is 0 Å². The van der Waals surface area contributed by atoms with Gasteiger partial charge in [-0.3, -0.25) is 4.79 Å². The minimum absolute atomic E-state index is 0.0842. The molecule has 26 heavy (non-hydrogen) atoms. The molecular formula is C21H24ClFN2O. The van der Waals surface area contributed by atoms with E-state index in [1.165, 1.54) is 18.9 Å². The molecule has 0 radical (unpaired) electrons. The van der Waals surface area contributed by atoms with Gasteiger partial charge in [0.05, 0.1) is 5.02 Å². The molecule has 1 fully saturated rings. The molecule has 1 amide bonds. The second-order valence-corrected chi connectivity index (χ2v) is 7.45. The Kier molecular flexibility index (Phi) is 5.94. The maximum atomic E-state index is 13.6. The molecule has 1 aliphatic heterocycles. The Morgan fingerprint density at radius 1 is 1.27 bits per heavy atom. The first-order valence-electron chi connectivity index (χ1n) is 9.03. The molecule has 5 heteroatoms. The van der Waals surface area contributed by atoms with Crippen LogP contribution in [-0.4, -0.2) is 36.5 Å². The van der Waals surface area contributed by atoms with Crippen molar-refractivity contribution in [2.45, 2.75) is 32.7 Å². The molecule has 2 aromatic carbocycles. The van der Waals surface area contributed by atoms with Gasteiger partial charge < -0.3 is 10.2 Å². The lowest BCUT2D eigenvalue weighted by Gasteiger charge is -2.21. The Morgan fingerprint density at radius 2 is 2.00 bits per heavy atom. The van der Waals surface area contributed by atoms with Crippen LogP contribution in [0.3, 0.4) is 0 Å². The van der Waals surface area contributed by atoms with Crippen molar-refractivity contribution in [1.29, 1.82) is 0 Å². The van der Waals surface area contributed by atoms with E-state index in [0.29, 0.717) is 16.1 Å². The van der Waals surface area contributed by atoms with Gasteiger partial charge >= 0.3 is 0 Å². The topological polar surface area (TPSA) is 32.3 Å². The summed E-state index contributed by atoms with van der Waals surface area (Å²) in [5.41, 5.74) is 2.63. The number of hydrogen-bond acceptors (Lipinski definition) is 2. The molecule has 3 nitrogen and oxygen atoms in total. The zero-order valence-corrected chi connectivity index (χ0v) is 15.9. The number of nitrogens with zero attached hydrogens (tertiary/aromatic N) is 1. The van der Waals surface area contributed by atoms with Crippen molar-refractivity contribution in [2.75, 3.05) is 19.6 Å². The minimum atomic E-state index is -0.330. The Hall–Kier alpha value is -1.91. The van der Waals surface area contributed by atoms with Crippen LogP contribution in [0.5, 0.6) is 0 Å². The highest BCUT2D eigenvalue weighted by Gasteiger charge is 2.17. The predicted molar refractivity (Wildman–Crippen MR) is 104 cm³/mol. The monoisotopic (exact) mass is 374 g/mol. The third-order valence-corrected chi connectivity index (χ3v) is 5.11. The van der Waals surface area contributed by atoms with Crippen molar-refractivity contribution in [3.8, 4) is 11.1 Å². The molecule has 0 saturated carbocycles. The summed E-state index contributed by atoms with van der Waals surface area (Å²) in [7, 11) is 0. The second kappa shape index (κ2) is 8.19. The summed E-state index contributed by atoms with van der Waals surface area (Å²) in [6.07, 6.45) is 2.47. The van der Waals surface area contributed by atoms with Crippen LogP contribution in [0.1, 0.15) is 35.7 Å². The quantitative estimate of drug-likeness (QED) is 0.824. The number of aryl methyl sites for hydroxylation is 1. The van der Waals surface area contributed by atoms with Crippen molar-refractivity contribution in [3.05, 3.63) is 58.4 Å². The Labute approximate surface area is 159 Å². The van der Waals surface area contributed by atoms with Crippen molar-refractivity contribution in [3.63, 3.8) is 0 Å². The SMILES string of the molecule is Cc1cc(-c2cccc(C(=O)NC(C)CN3CCCC3)c2)c(Cl)cc1F. The summed E-state index contributed by atoms with van der Waals surface area (Å²) in [6.45, 7) is 6.82. The number of halogens is 2. The maximum absolute atomic E-state index is 13.6. The van der Waals surface area contributed by atoms with Crippen molar-refractivity contribution < 1.29 is 9.18 Å². The number of amides is 1. The summed E-state index contributed by atoms with van der Waals surface area (Å²) in [5.74, 6) is -0.433. The number of hydrogen-bond donors (Lipinski definition) is 1. The first-order valence-corrected chi connectivity index (χ1v) is 9.41. The fraction of sp³-hybridized carbons (Fsp3) is 0.381. The van der Waals surface area contributed by atoms with E-state index in [2.05, 4.69) is 10.2 Å². The lowest BCUT2D eigenvalue weighted by atomic mass is 10.0. The maximum Gasteiger partial charge on any atom is 0.251 e. The summed E-state index contributed by atoms with van der Waals surface area (Å²) >= 11 is 6.20. The molecule has 3 rings (SSSR count). The molecule has 1 heterocycles. The molecule has 1 aliphatic rings. The Morgan fingerprint density at radius 3 is 2.73 bits per heavy atom. The van der Waals surface area contributed by atoms with Gasteiger partial charge in [0.1, 0.15) is 5.82 Å². The lowest BCUT2D eigenvalue weighted by molar-refractivity contribution is 0.0932. The molecular weight excluding hydrogens is 351 g/mol. The molecule has 0 spiro atoms. The molecule has 0 aliphatic carbocycles. The largest absolute Gasteiger partial charge is 0.348 e. The van der Waals surface area contributed by atoms with E-state index in [1.54, 1.807) is 25.1 Å². The van der Waals surface area contributed by atoms with Crippen LogP contribution in [0.4, 0.5) is 4.39 Å². The second-order valence-electron chi connectivity index (χ2n) is 7.04. The average molecular weight is 375 g/mol. The van der Waals surface area contributed by atoms with E-state index in [4.69, 9.17) is 11.6 Å². The minimum Gasteiger partial charge on any atom is -0.348 e. The molecule has 1 saturated heterocycles. The first-order chi connectivity index (χ1) is 12.4. The highest BCUT2D eigenvalue weighted by Crippen LogP contribution is 2.30. The van der Waals surface area contributed by atoms with E-state index in [1.807, 2.05) is 19.1 Å². The normalized spacial score (nSPS) is 15.8. The number of likely N-dealkylation sites (tertiary alicyclic amines) is 1. The third kappa shape index (κ3) is 4.43.